The number of amides is 2. The Morgan fingerprint density at radius 2 is 1.84 bits per heavy atom. The Kier molecular flexibility index (Phi) is 4.12. The van der Waals surface area contributed by atoms with E-state index >= 15 is 0 Å². The summed E-state index contributed by atoms with van der Waals surface area (Å²) < 4.78 is 42.9. The number of likely N-dealkylation sites (N-methyl/N-ethyl adjacent to an activating group) is 1. The molecule has 0 radical (unpaired) electrons. The molecular formula is C17H13F3N2O3. The number of carbonyl (C=O) groups is 2. The number of alkyl halides is 3. The number of hydrogen-bond acceptors (Lipinski definition) is 3. The fourth-order valence-electron chi connectivity index (χ4n) is 2.36. The lowest BCUT2D eigenvalue weighted by Gasteiger charge is -2.26. The largest absolute Gasteiger partial charge is 0.482 e. The normalized spacial score (nSPS) is 13.9. The maximum atomic E-state index is 12.6. The third-order valence-corrected chi connectivity index (χ3v) is 3.78. The molecule has 1 N–H and O–H groups in total. The second-order valence-corrected chi connectivity index (χ2v) is 5.45. The van der Waals surface area contributed by atoms with Crippen molar-refractivity contribution >= 4 is 23.2 Å². The number of nitrogens with one attached hydrogen (secondary N) is 1. The molecule has 1 heterocycles. The molecule has 5 nitrogen and oxygen atoms in total. The number of hydrogen-bond donors (Lipinski definition) is 1. The van der Waals surface area contributed by atoms with Gasteiger partial charge in [-0.05, 0) is 42.5 Å². The molecule has 130 valence electrons. The van der Waals surface area contributed by atoms with Crippen molar-refractivity contribution in [2.45, 2.75) is 6.18 Å². The minimum atomic E-state index is -4.45. The van der Waals surface area contributed by atoms with Gasteiger partial charge in [0.1, 0.15) is 5.75 Å². The third kappa shape index (κ3) is 3.42. The highest BCUT2D eigenvalue weighted by Gasteiger charge is 2.30. The van der Waals surface area contributed by atoms with Crippen LogP contribution in [-0.4, -0.2) is 25.5 Å². The fraction of sp³-hybridized carbons (Fsp3) is 0.176. The molecule has 1 aliphatic heterocycles. The van der Waals surface area contributed by atoms with Gasteiger partial charge >= 0.3 is 6.18 Å². The summed E-state index contributed by atoms with van der Waals surface area (Å²) in [6, 6.07) is 8.67. The van der Waals surface area contributed by atoms with E-state index in [9.17, 15) is 22.8 Å². The number of halogens is 3. The predicted octanol–water partition coefficient (Wildman–Crippen LogP) is 3.31. The van der Waals surface area contributed by atoms with Gasteiger partial charge in [0.2, 0.25) is 0 Å². The van der Waals surface area contributed by atoms with Crippen LogP contribution >= 0.6 is 0 Å². The van der Waals surface area contributed by atoms with E-state index in [0.717, 1.165) is 24.3 Å². The molecule has 8 heteroatoms. The van der Waals surface area contributed by atoms with Gasteiger partial charge in [0, 0.05) is 18.3 Å². The highest BCUT2D eigenvalue weighted by Crippen LogP contribution is 2.34. The standard InChI is InChI=1S/C17H13F3N2O3/c1-22-13-8-12(6-7-14(13)25-9-15(22)23)21-16(24)10-2-4-11(5-3-10)17(18,19)20/h2-8H,9H2,1H3,(H,21,24). The molecule has 0 aromatic heterocycles. The summed E-state index contributed by atoms with van der Waals surface area (Å²) >= 11 is 0. The first kappa shape index (κ1) is 16.8. The lowest BCUT2D eigenvalue weighted by molar-refractivity contribution is -0.137. The van der Waals surface area contributed by atoms with E-state index in [-0.39, 0.29) is 18.1 Å². The molecule has 0 atom stereocenters. The SMILES string of the molecule is CN1C(=O)COc2ccc(NC(=O)c3ccc(C(F)(F)F)cc3)cc21. The number of benzene rings is 2. The van der Waals surface area contributed by atoms with E-state index < -0.39 is 17.6 Å². The van der Waals surface area contributed by atoms with Gasteiger partial charge < -0.3 is 15.0 Å². The molecule has 0 saturated carbocycles. The van der Waals surface area contributed by atoms with Crippen LogP contribution in [0.5, 0.6) is 5.75 Å². The topological polar surface area (TPSA) is 58.6 Å². The van der Waals surface area contributed by atoms with Crippen LogP contribution in [0, 0.1) is 0 Å². The van der Waals surface area contributed by atoms with Crippen LogP contribution in [-0.2, 0) is 11.0 Å². The third-order valence-electron chi connectivity index (χ3n) is 3.78. The highest BCUT2D eigenvalue weighted by atomic mass is 19.4. The molecule has 0 aliphatic carbocycles. The number of carbonyl (C=O) groups excluding carboxylic acids is 2. The van der Waals surface area contributed by atoms with Gasteiger partial charge in [0.05, 0.1) is 11.3 Å². The van der Waals surface area contributed by atoms with Crippen LogP contribution in [0.2, 0.25) is 0 Å². The van der Waals surface area contributed by atoms with Crippen LogP contribution in [0.3, 0.4) is 0 Å². The molecular weight excluding hydrogens is 337 g/mol. The van der Waals surface area contributed by atoms with E-state index in [0.29, 0.717) is 17.1 Å². The van der Waals surface area contributed by atoms with Crippen molar-refractivity contribution in [2.75, 3.05) is 23.9 Å². The fourth-order valence-corrected chi connectivity index (χ4v) is 2.36. The second kappa shape index (κ2) is 6.12. The van der Waals surface area contributed by atoms with Crippen LogP contribution in [0.15, 0.2) is 42.5 Å². The van der Waals surface area contributed by atoms with E-state index in [4.69, 9.17) is 4.74 Å². The summed E-state index contributed by atoms with van der Waals surface area (Å²) in [6.07, 6.45) is -4.45. The smallest absolute Gasteiger partial charge is 0.416 e. The average Bonchev–Trinajstić information content (AvgIpc) is 2.58. The Morgan fingerprint density at radius 1 is 1.16 bits per heavy atom. The lowest BCUT2D eigenvalue weighted by atomic mass is 10.1. The van der Waals surface area contributed by atoms with Gasteiger partial charge in [0.15, 0.2) is 6.61 Å². The minimum absolute atomic E-state index is 0.0548. The average molecular weight is 350 g/mol. The molecule has 3 rings (SSSR count). The summed E-state index contributed by atoms with van der Waals surface area (Å²) in [5.74, 6) is -0.271. The van der Waals surface area contributed by atoms with Crippen LogP contribution in [0.4, 0.5) is 24.5 Å². The van der Waals surface area contributed by atoms with Crippen molar-refractivity contribution in [3.05, 3.63) is 53.6 Å². The zero-order valence-electron chi connectivity index (χ0n) is 13.1. The van der Waals surface area contributed by atoms with Gasteiger partial charge in [-0.1, -0.05) is 0 Å². The van der Waals surface area contributed by atoms with Crippen LogP contribution in [0.1, 0.15) is 15.9 Å². The number of fused-ring (bicyclic) bond motifs is 1. The van der Waals surface area contributed by atoms with Gasteiger partial charge in [0.25, 0.3) is 11.8 Å². The zero-order valence-corrected chi connectivity index (χ0v) is 13.1. The van der Waals surface area contributed by atoms with Gasteiger partial charge in [-0.3, -0.25) is 9.59 Å². The van der Waals surface area contributed by atoms with Crippen molar-refractivity contribution in [3.8, 4) is 5.75 Å². The summed E-state index contributed by atoms with van der Waals surface area (Å²) in [4.78, 5) is 25.2. The first-order chi connectivity index (χ1) is 11.8. The molecule has 0 saturated heterocycles. The summed E-state index contributed by atoms with van der Waals surface area (Å²) in [5, 5.41) is 2.59. The first-order valence-electron chi connectivity index (χ1n) is 7.28. The van der Waals surface area contributed by atoms with E-state index in [1.807, 2.05) is 0 Å². The maximum Gasteiger partial charge on any atom is 0.416 e. The predicted molar refractivity (Wildman–Crippen MR) is 84.7 cm³/mol. The first-order valence-corrected chi connectivity index (χ1v) is 7.28. The molecule has 1 aliphatic rings. The van der Waals surface area contributed by atoms with Crippen molar-refractivity contribution in [2.24, 2.45) is 0 Å². The van der Waals surface area contributed by atoms with E-state index in [1.165, 1.54) is 4.90 Å². The van der Waals surface area contributed by atoms with Crippen molar-refractivity contribution in [1.82, 2.24) is 0 Å². The Labute approximate surface area is 141 Å². The Bertz CT molecular complexity index is 832. The zero-order chi connectivity index (χ0) is 18.2. The second-order valence-electron chi connectivity index (χ2n) is 5.45. The highest BCUT2D eigenvalue weighted by molar-refractivity contribution is 6.05. The Hall–Kier alpha value is -3.03. The minimum Gasteiger partial charge on any atom is -0.482 e. The molecule has 25 heavy (non-hydrogen) atoms. The molecule has 2 amide bonds. The summed E-state index contributed by atoms with van der Waals surface area (Å²) in [5.41, 5.74) is 0.164. The molecule has 0 fully saturated rings. The van der Waals surface area contributed by atoms with Gasteiger partial charge in [-0.25, -0.2) is 0 Å². The monoisotopic (exact) mass is 350 g/mol. The Morgan fingerprint density at radius 3 is 2.48 bits per heavy atom. The summed E-state index contributed by atoms with van der Waals surface area (Å²) in [6.45, 7) is -0.0548. The maximum absolute atomic E-state index is 12.6. The number of nitrogens with zero attached hydrogens (tertiary/aromatic N) is 1. The van der Waals surface area contributed by atoms with Gasteiger partial charge in [-0.2, -0.15) is 13.2 Å². The Balaban J connectivity index is 1.78. The van der Waals surface area contributed by atoms with Crippen molar-refractivity contribution < 1.29 is 27.5 Å². The number of rotatable bonds is 2. The molecule has 2 aromatic rings. The number of anilines is 2. The van der Waals surface area contributed by atoms with E-state index in [1.54, 1.807) is 25.2 Å². The number of ether oxygens (including phenoxy) is 1. The lowest BCUT2D eigenvalue weighted by Crippen LogP contribution is -2.35. The van der Waals surface area contributed by atoms with Crippen molar-refractivity contribution in [1.29, 1.82) is 0 Å². The summed E-state index contributed by atoms with van der Waals surface area (Å²) in [7, 11) is 1.59. The molecule has 0 bridgehead atoms. The van der Waals surface area contributed by atoms with Crippen LogP contribution in [0.25, 0.3) is 0 Å². The van der Waals surface area contributed by atoms with Crippen LogP contribution < -0.4 is 15.0 Å². The van der Waals surface area contributed by atoms with Gasteiger partial charge in [-0.15, -0.1) is 0 Å². The molecule has 0 unspecified atom stereocenters. The van der Waals surface area contributed by atoms with Crippen molar-refractivity contribution in [3.63, 3.8) is 0 Å². The quantitative estimate of drug-likeness (QED) is 0.904. The molecule has 2 aromatic carbocycles. The molecule has 0 spiro atoms. The van der Waals surface area contributed by atoms with E-state index in [2.05, 4.69) is 5.32 Å².